The van der Waals surface area contributed by atoms with Gasteiger partial charge in [0, 0.05) is 5.54 Å². The van der Waals surface area contributed by atoms with Crippen molar-refractivity contribution in [2.75, 3.05) is 0 Å². The van der Waals surface area contributed by atoms with E-state index >= 15 is 0 Å². The molecule has 0 fully saturated rings. The molecule has 0 heterocycles. The van der Waals surface area contributed by atoms with Crippen LogP contribution in [-0.2, 0) is 0 Å². The highest BCUT2D eigenvalue weighted by molar-refractivity contribution is 7.67. The molecule has 0 nitrogen and oxygen atoms in total. The third kappa shape index (κ3) is 3.91. The van der Waals surface area contributed by atoms with Gasteiger partial charge in [-0.25, -0.2) is 0 Å². The normalized spacial score (nSPS) is 23.6. The van der Waals surface area contributed by atoms with Gasteiger partial charge in [-0.2, -0.15) is 0 Å². The van der Waals surface area contributed by atoms with E-state index in [-0.39, 0.29) is 5.54 Å². The molecular weight excluding hydrogens is 341 g/mol. The van der Waals surface area contributed by atoms with E-state index in [2.05, 4.69) is 0 Å². The van der Waals surface area contributed by atoms with Gasteiger partial charge in [-0.05, 0) is 11.6 Å². The van der Waals surface area contributed by atoms with Crippen molar-refractivity contribution in [1.29, 1.82) is 0 Å². The number of halogens is 6. The molecule has 80 valence electrons. The fourth-order valence-electron chi connectivity index (χ4n) is 1.07. The predicted octanol–water partition coefficient (Wildman–Crippen LogP) is 5.09. The van der Waals surface area contributed by atoms with Gasteiger partial charge >= 0.3 is 12.0 Å². The Morgan fingerprint density at radius 3 is 1.93 bits per heavy atom. The lowest BCUT2D eigenvalue weighted by molar-refractivity contribution is 1.01. The van der Waals surface area contributed by atoms with Crippen LogP contribution in [0.5, 0.6) is 0 Å². The Morgan fingerprint density at radius 1 is 1.07 bits per heavy atom. The van der Waals surface area contributed by atoms with Crippen molar-refractivity contribution in [3.63, 3.8) is 0 Å². The van der Waals surface area contributed by atoms with Crippen molar-refractivity contribution in [1.82, 2.24) is 0 Å². The minimum absolute atomic E-state index is 0.0161. The van der Waals surface area contributed by atoms with Crippen molar-refractivity contribution >= 4 is 78.5 Å². The van der Waals surface area contributed by atoms with E-state index in [1.807, 2.05) is 12.2 Å². The smallest absolute Gasteiger partial charge is 0.125 e. The first-order chi connectivity index (χ1) is 6.21. The predicted molar refractivity (Wildman–Crippen MR) is 72.2 cm³/mol. The molecule has 0 bridgehead atoms. The maximum absolute atomic E-state index is 5.88. The van der Waals surface area contributed by atoms with Crippen LogP contribution >= 0.6 is 66.5 Å². The second kappa shape index (κ2) is 4.88. The molecule has 0 saturated heterocycles. The lowest BCUT2D eigenvalue weighted by Gasteiger charge is -2.22. The van der Waals surface area contributed by atoms with E-state index in [1.165, 1.54) is 0 Å². The monoisotopic (exact) mass is 344 g/mol. The Hall–Kier alpha value is 1.65. The minimum atomic E-state index is -2.77. The second-order valence-corrected chi connectivity index (χ2v) is 20.2. The summed E-state index contributed by atoms with van der Waals surface area (Å²) in [5, 5.41) is 0.766. The van der Waals surface area contributed by atoms with Gasteiger partial charge in [0.2, 0.25) is 0 Å². The molecule has 0 aromatic heterocycles. The first kappa shape index (κ1) is 13.7. The summed E-state index contributed by atoms with van der Waals surface area (Å²) in [6.45, 7) is 0. The van der Waals surface area contributed by atoms with Crippen LogP contribution in [0.15, 0.2) is 23.4 Å². The highest BCUT2D eigenvalue weighted by Crippen LogP contribution is 2.42. The molecule has 0 aliphatic heterocycles. The standard InChI is InChI=1S/C6H6Cl6Si2/c7-13(8,9)5-1-2-6(4-3-5)14(10,11)12/h1-3,6H,4H2. The number of allylic oxidation sites excluding steroid dienone is 4. The van der Waals surface area contributed by atoms with Gasteiger partial charge in [-0.3, -0.25) is 0 Å². The Balaban J connectivity index is 2.72. The first-order valence-electron chi connectivity index (χ1n) is 3.73. The van der Waals surface area contributed by atoms with Crippen LogP contribution < -0.4 is 0 Å². The molecule has 14 heavy (non-hydrogen) atoms. The molecule has 0 spiro atoms. The summed E-state index contributed by atoms with van der Waals surface area (Å²) in [7, 11) is 0. The van der Waals surface area contributed by atoms with E-state index in [0.29, 0.717) is 6.42 Å². The zero-order valence-electron chi connectivity index (χ0n) is 6.78. The summed E-state index contributed by atoms with van der Waals surface area (Å²) in [5.41, 5.74) is -0.0161. The van der Waals surface area contributed by atoms with Gasteiger partial charge in [0.1, 0.15) is 0 Å². The molecule has 1 aliphatic rings. The van der Waals surface area contributed by atoms with E-state index in [4.69, 9.17) is 66.5 Å². The van der Waals surface area contributed by atoms with Crippen molar-refractivity contribution in [3.05, 3.63) is 23.4 Å². The zero-order chi connectivity index (χ0) is 11.0. The van der Waals surface area contributed by atoms with E-state index in [0.717, 1.165) is 5.20 Å². The molecule has 0 saturated carbocycles. The summed E-state index contributed by atoms with van der Waals surface area (Å²) in [6.07, 6.45) is 6.11. The van der Waals surface area contributed by atoms with Crippen LogP contribution in [0.1, 0.15) is 6.42 Å². The molecule has 0 amide bonds. The van der Waals surface area contributed by atoms with E-state index < -0.39 is 12.0 Å². The molecule has 1 rings (SSSR count). The number of hydrogen-bond donors (Lipinski definition) is 0. The van der Waals surface area contributed by atoms with Crippen LogP contribution in [0.4, 0.5) is 0 Å². The maximum Gasteiger partial charge on any atom is 0.372 e. The number of rotatable bonds is 2. The molecule has 8 heteroatoms. The largest absolute Gasteiger partial charge is 0.372 e. The maximum atomic E-state index is 5.88. The van der Waals surface area contributed by atoms with Gasteiger partial charge in [0.15, 0.2) is 0 Å². The van der Waals surface area contributed by atoms with Crippen molar-refractivity contribution < 1.29 is 0 Å². The van der Waals surface area contributed by atoms with Crippen molar-refractivity contribution in [2.45, 2.75) is 12.0 Å². The Morgan fingerprint density at radius 2 is 1.64 bits per heavy atom. The van der Waals surface area contributed by atoms with Gasteiger partial charge in [-0.15, -0.1) is 66.5 Å². The van der Waals surface area contributed by atoms with Gasteiger partial charge in [0.25, 0.3) is 0 Å². The lowest BCUT2D eigenvalue weighted by atomic mass is 10.2. The fourth-order valence-corrected chi connectivity index (χ4v) is 5.13. The Bertz CT molecular complexity index is 273. The molecule has 0 N–H and O–H groups in total. The quantitative estimate of drug-likeness (QED) is 0.482. The van der Waals surface area contributed by atoms with Crippen LogP contribution in [0, 0.1) is 0 Å². The molecule has 0 aromatic rings. The molecule has 0 aromatic carbocycles. The van der Waals surface area contributed by atoms with E-state index in [9.17, 15) is 0 Å². The third-order valence-corrected chi connectivity index (χ3v) is 8.63. The highest BCUT2D eigenvalue weighted by Gasteiger charge is 2.38. The summed E-state index contributed by atoms with van der Waals surface area (Å²) < 4.78 is 0. The first-order valence-corrected chi connectivity index (χ1v) is 13.9. The molecule has 1 aliphatic carbocycles. The summed E-state index contributed by atoms with van der Waals surface area (Å²) in [6, 6.07) is -5.44. The van der Waals surface area contributed by atoms with Crippen LogP contribution in [0.25, 0.3) is 0 Å². The molecule has 1 unspecified atom stereocenters. The van der Waals surface area contributed by atoms with Crippen LogP contribution in [0.3, 0.4) is 0 Å². The third-order valence-electron chi connectivity index (χ3n) is 1.85. The Kier molecular flexibility index (Phi) is 4.78. The van der Waals surface area contributed by atoms with Gasteiger partial charge in [-0.1, -0.05) is 18.2 Å². The molecular formula is C6H6Cl6Si2. The zero-order valence-corrected chi connectivity index (χ0v) is 13.3. The van der Waals surface area contributed by atoms with Gasteiger partial charge in [0.05, 0.1) is 0 Å². The second-order valence-electron chi connectivity index (χ2n) is 2.90. The van der Waals surface area contributed by atoms with E-state index in [1.54, 1.807) is 6.08 Å². The van der Waals surface area contributed by atoms with Crippen molar-refractivity contribution in [3.8, 4) is 0 Å². The lowest BCUT2D eigenvalue weighted by Crippen LogP contribution is -2.22. The summed E-state index contributed by atoms with van der Waals surface area (Å²) in [5.74, 6) is 0. The van der Waals surface area contributed by atoms with Gasteiger partial charge < -0.3 is 0 Å². The summed E-state index contributed by atoms with van der Waals surface area (Å²) in [4.78, 5) is 0. The SMILES string of the molecule is Cl[Si](Cl)(Cl)C1=CCC([Si](Cl)(Cl)Cl)C=C1. The topological polar surface area (TPSA) is 0 Å². The molecule has 0 radical (unpaired) electrons. The summed E-state index contributed by atoms with van der Waals surface area (Å²) >= 11 is 35.1. The fraction of sp³-hybridized carbons (Fsp3) is 0.333. The minimum Gasteiger partial charge on any atom is -0.125 e. The number of hydrogen-bond acceptors (Lipinski definition) is 0. The average molecular weight is 347 g/mol. The van der Waals surface area contributed by atoms with Crippen molar-refractivity contribution in [2.24, 2.45) is 0 Å². The molecule has 1 atom stereocenters. The highest BCUT2D eigenvalue weighted by atomic mass is 35.8. The average Bonchev–Trinajstić information content (AvgIpc) is 2.01. The van der Waals surface area contributed by atoms with Crippen LogP contribution in [0.2, 0.25) is 5.54 Å². The van der Waals surface area contributed by atoms with Crippen LogP contribution in [-0.4, -0.2) is 12.0 Å². The Labute approximate surface area is 113 Å².